The predicted octanol–water partition coefficient (Wildman–Crippen LogP) is 2.32. The highest BCUT2D eigenvalue weighted by atomic mass is 16.7. The van der Waals surface area contributed by atoms with E-state index in [1.54, 1.807) is 7.11 Å². The van der Waals surface area contributed by atoms with E-state index in [1.165, 1.54) is 0 Å². The van der Waals surface area contributed by atoms with Crippen molar-refractivity contribution in [2.75, 3.05) is 33.5 Å². The van der Waals surface area contributed by atoms with Gasteiger partial charge in [-0.05, 0) is 24.7 Å². The lowest BCUT2D eigenvalue weighted by atomic mass is 9.86. The molecule has 2 aliphatic rings. The maximum absolute atomic E-state index is 5.76. The smallest absolute Gasteiger partial charge is 0.168 e. The fraction of sp³-hybridized carbons (Fsp3) is 1.00. The Morgan fingerprint density at radius 3 is 2.42 bits per heavy atom. The quantitative estimate of drug-likeness (QED) is 0.805. The Morgan fingerprint density at radius 2 is 1.84 bits per heavy atom. The fourth-order valence-electron chi connectivity index (χ4n) is 2.93. The summed E-state index contributed by atoms with van der Waals surface area (Å²) in [6.45, 7) is 8.02. The molecule has 19 heavy (non-hydrogen) atoms. The molecule has 1 aliphatic heterocycles. The number of nitrogens with one attached hydrogen (secondary N) is 1. The summed E-state index contributed by atoms with van der Waals surface area (Å²) in [5, 5.41) is 3.71. The van der Waals surface area contributed by atoms with E-state index < -0.39 is 0 Å². The van der Waals surface area contributed by atoms with Gasteiger partial charge in [-0.2, -0.15) is 0 Å². The highest BCUT2D eigenvalue weighted by Crippen LogP contribution is 2.35. The molecule has 0 radical (unpaired) electrons. The number of ether oxygens (including phenoxy) is 3. The summed E-state index contributed by atoms with van der Waals surface area (Å²) in [5.41, 5.74) is 0.297. The minimum atomic E-state index is -0.232. The zero-order valence-electron chi connectivity index (χ0n) is 12.7. The van der Waals surface area contributed by atoms with Gasteiger partial charge in [-0.1, -0.05) is 13.8 Å². The van der Waals surface area contributed by atoms with Crippen molar-refractivity contribution in [2.24, 2.45) is 5.41 Å². The molecule has 0 amide bonds. The van der Waals surface area contributed by atoms with Gasteiger partial charge in [-0.3, -0.25) is 0 Å². The SMILES string of the molecule is COCCC(C)(C)CNC1CCC2(CC1)OCCO2. The van der Waals surface area contributed by atoms with E-state index in [4.69, 9.17) is 14.2 Å². The first-order valence-electron chi connectivity index (χ1n) is 7.56. The van der Waals surface area contributed by atoms with Crippen LogP contribution >= 0.6 is 0 Å². The molecule has 1 spiro atoms. The molecule has 0 bridgehead atoms. The Hall–Kier alpha value is -0.160. The third-order valence-electron chi connectivity index (χ3n) is 4.41. The van der Waals surface area contributed by atoms with Crippen molar-refractivity contribution in [1.82, 2.24) is 5.32 Å². The van der Waals surface area contributed by atoms with Gasteiger partial charge in [-0.15, -0.1) is 0 Å². The van der Waals surface area contributed by atoms with Crippen LogP contribution in [0.3, 0.4) is 0 Å². The van der Waals surface area contributed by atoms with E-state index in [0.29, 0.717) is 11.5 Å². The van der Waals surface area contributed by atoms with Crippen molar-refractivity contribution in [3.05, 3.63) is 0 Å². The van der Waals surface area contributed by atoms with Gasteiger partial charge in [0, 0.05) is 39.1 Å². The largest absolute Gasteiger partial charge is 0.385 e. The lowest BCUT2D eigenvalue weighted by molar-refractivity contribution is -0.179. The van der Waals surface area contributed by atoms with Gasteiger partial charge in [0.05, 0.1) is 13.2 Å². The minimum Gasteiger partial charge on any atom is -0.385 e. The average Bonchev–Trinajstić information content (AvgIpc) is 2.85. The molecule has 4 heteroatoms. The molecule has 0 unspecified atom stereocenters. The van der Waals surface area contributed by atoms with Gasteiger partial charge in [0.25, 0.3) is 0 Å². The van der Waals surface area contributed by atoms with Gasteiger partial charge in [-0.25, -0.2) is 0 Å². The van der Waals surface area contributed by atoms with E-state index in [0.717, 1.165) is 58.5 Å². The van der Waals surface area contributed by atoms with Crippen molar-refractivity contribution in [1.29, 1.82) is 0 Å². The third kappa shape index (κ3) is 4.42. The van der Waals surface area contributed by atoms with Crippen molar-refractivity contribution in [2.45, 2.75) is 57.8 Å². The maximum atomic E-state index is 5.76. The average molecular weight is 271 g/mol. The van der Waals surface area contributed by atoms with Crippen LogP contribution in [-0.2, 0) is 14.2 Å². The molecule has 4 nitrogen and oxygen atoms in total. The second kappa shape index (κ2) is 6.53. The van der Waals surface area contributed by atoms with Crippen LogP contribution in [0, 0.1) is 5.41 Å². The first kappa shape index (κ1) is 15.2. The van der Waals surface area contributed by atoms with Gasteiger partial charge >= 0.3 is 0 Å². The Labute approximate surface area is 117 Å². The van der Waals surface area contributed by atoms with Crippen LogP contribution in [0.5, 0.6) is 0 Å². The van der Waals surface area contributed by atoms with Crippen LogP contribution in [0.2, 0.25) is 0 Å². The summed E-state index contributed by atoms with van der Waals surface area (Å²) in [5.74, 6) is -0.232. The molecule has 1 saturated carbocycles. The molecule has 0 aromatic heterocycles. The van der Waals surface area contributed by atoms with Gasteiger partial charge in [0.1, 0.15) is 0 Å². The Kier molecular flexibility index (Phi) is 5.23. The highest BCUT2D eigenvalue weighted by molar-refractivity contribution is 4.86. The monoisotopic (exact) mass is 271 g/mol. The summed E-state index contributed by atoms with van der Waals surface area (Å²) < 4.78 is 16.7. The molecule has 2 fully saturated rings. The summed E-state index contributed by atoms with van der Waals surface area (Å²) in [6.07, 6.45) is 5.46. The van der Waals surface area contributed by atoms with Crippen molar-refractivity contribution in [3.8, 4) is 0 Å². The molecule has 0 aromatic rings. The molecular formula is C15H29NO3. The number of rotatable bonds is 6. The van der Waals surface area contributed by atoms with Crippen molar-refractivity contribution in [3.63, 3.8) is 0 Å². The zero-order chi connectivity index (χ0) is 13.8. The minimum absolute atomic E-state index is 0.232. The summed E-state index contributed by atoms with van der Waals surface area (Å²) in [7, 11) is 1.77. The Balaban J connectivity index is 1.68. The van der Waals surface area contributed by atoms with E-state index >= 15 is 0 Å². The molecule has 1 heterocycles. The lowest BCUT2D eigenvalue weighted by Gasteiger charge is -2.37. The lowest BCUT2D eigenvalue weighted by Crippen LogP contribution is -2.44. The second-order valence-corrected chi connectivity index (χ2v) is 6.67. The first-order chi connectivity index (χ1) is 9.05. The number of hydrogen-bond acceptors (Lipinski definition) is 4. The van der Waals surface area contributed by atoms with E-state index in [9.17, 15) is 0 Å². The van der Waals surface area contributed by atoms with Crippen LogP contribution in [-0.4, -0.2) is 45.3 Å². The number of methoxy groups -OCH3 is 1. The number of hydrogen-bond donors (Lipinski definition) is 1. The second-order valence-electron chi connectivity index (χ2n) is 6.67. The van der Waals surface area contributed by atoms with Gasteiger partial charge in [0.2, 0.25) is 0 Å². The summed E-state index contributed by atoms with van der Waals surface area (Å²) in [4.78, 5) is 0. The maximum Gasteiger partial charge on any atom is 0.168 e. The molecule has 2 rings (SSSR count). The van der Waals surface area contributed by atoms with Crippen LogP contribution in [0.15, 0.2) is 0 Å². The molecule has 1 aliphatic carbocycles. The van der Waals surface area contributed by atoms with E-state index in [1.807, 2.05) is 0 Å². The van der Waals surface area contributed by atoms with Crippen molar-refractivity contribution >= 4 is 0 Å². The van der Waals surface area contributed by atoms with Gasteiger partial charge < -0.3 is 19.5 Å². The summed E-state index contributed by atoms with van der Waals surface area (Å²) in [6, 6.07) is 0.611. The highest BCUT2D eigenvalue weighted by Gasteiger charge is 2.40. The third-order valence-corrected chi connectivity index (χ3v) is 4.41. The zero-order valence-corrected chi connectivity index (χ0v) is 12.7. The van der Waals surface area contributed by atoms with Crippen LogP contribution in [0.4, 0.5) is 0 Å². The molecular weight excluding hydrogens is 242 g/mol. The van der Waals surface area contributed by atoms with E-state index in [-0.39, 0.29) is 5.79 Å². The molecule has 0 aromatic carbocycles. The predicted molar refractivity (Wildman–Crippen MR) is 75.2 cm³/mol. The molecule has 0 atom stereocenters. The van der Waals surface area contributed by atoms with Crippen LogP contribution < -0.4 is 5.32 Å². The first-order valence-corrected chi connectivity index (χ1v) is 7.56. The van der Waals surface area contributed by atoms with Crippen molar-refractivity contribution < 1.29 is 14.2 Å². The molecule has 1 saturated heterocycles. The van der Waals surface area contributed by atoms with Crippen LogP contribution in [0.25, 0.3) is 0 Å². The fourth-order valence-corrected chi connectivity index (χ4v) is 2.93. The summed E-state index contributed by atoms with van der Waals surface area (Å²) >= 11 is 0. The Bertz CT molecular complexity index is 265. The molecule has 1 N–H and O–H groups in total. The van der Waals surface area contributed by atoms with Gasteiger partial charge in [0.15, 0.2) is 5.79 Å². The van der Waals surface area contributed by atoms with E-state index in [2.05, 4.69) is 19.2 Å². The Morgan fingerprint density at radius 1 is 1.21 bits per heavy atom. The molecule has 112 valence electrons. The standard InChI is InChI=1S/C15H29NO3/c1-14(2,8-9-17-3)12-16-13-4-6-15(7-5-13)18-10-11-19-15/h13,16H,4-12H2,1-3H3. The van der Waals surface area contributed by atoms with Crippen LogP contribution in [0.1, 0.15) is 46.0 Å². The topological polar surface area (TPSA) is 39.7 Å². The normalized spacial score (nSPS) is 24.2.